The van der Waals surface area contributed by atoms with Crippen LogP contribution in [0.25, 0.3) is 0 Å². The number of nitrogens with two attached hydrogens (primary N) is 1. The fraction of sp³-hybridized carbons (Fsp3) is 0.429. The molecule has 0 radical (unpaired) electrons. The lowest BCUT2D eigenvalue weighted by molar-refractivity contribution is -0.470. The Kier molecular flexibility index (Phi) is 6.65. The first-order valence-corrected chi connectivity index (χ1v) is 10.2. The van der Waals surface area contributed by atoms with Gasteiger partial charge in [-0.1, -0.05) is 0 Å². The number of allylic oxidation sites excluding steroid dienone is 3. The zero-order valence-electron chi connectivity index (χ0n) is 17.8. The molecule has 0 aromatic carbocycles. The number of rotatable bonds is 5. The van der Waals surface area contributed by atoms with Gasteiger partial charge in [-0.05, 0) is 17.1 Å². The van der Waals surface area contributed by atoms with Crippen LogP contribution >= 0.6 is 0 Å². The fourth-order valence-corrected chi connectivity index (χ4v) is 3.81. The van der Waals surface area contributed by atoms with Gasteiger partial charge in [-0.2, -0.15) is 0 Å². The van der Waals surface area contributed by atoms with Crippen molar-refractivity contribution < 1.29 is 37.5 Å². The van der Waals surface area contributed by atoms with E-state index in [1.165, 1.54) is 12.0 Å². The molecule has 1 amide bonds. The summed E-state index contributed by atoms with van der Waals surface area (Å²) in [6, 6.07) is -2.17. The number of morpholine rings is 1. The summed E-state index contributed by atoms with van der Waals surface area (Å²) in [5.74, 6) is 0.585. The van der Waals surface area contributed by atoms with Crippen LogP contribution in [0.2, 0.25) is 0 Å². The molecule has 2 atom stereocenters. The zero-order valence-corrected chi connectivity index (χ0v) is 17.8. The third kappa shape index (κ3) is 4.57. The van der Waals surface area contributed by atoms with Crippen molar-refractivity contribution in [1.82, 2.24) is 4.90 Å². The lowest BCUT2D eigenvalue weighted by Crippen LogP contribution is -2.51. The average Bonchev–Trinajstić information content (AvgIpc) is 3.14. The van der Waals surface area contributed by atoms with Crippen LogP contribution in [0.15, 0.2) is 57.3 Å². The number of alkyl halides is 2. The van der Waals surface area contributed by atoms with Crippen molar-refractivity contribution in [3.8, 4) is 0 Å². The van der Waals surface area contributed by atoms with Crippen molar-refractivity contribution in [2.45, 2.75) is 18.5 Å². The first-order chi connectivity index (χ1) is 15.9. The van der Waals surface area contributed by atoms with Crippen molar-refractivity contribution in [2.24, 2.45) is 15.7 Å². The Labute approximate surface area is 188 Å². The summed E-state index contributed by atoms with van der Waals surface area (Å²) in [7, 11) is 1.45. The highest BCUT2D eigenvalue weighted by molar-refractivity contribution is 6.29. The number of amides is 1. The van der Waals surface area contributed by atoms with Gasteiger partial charge in [-0.15, -0.1) is 6.26 Å². The Morgan fingerprint density at radius 3 is 3.03 bits per heavy atom. The van der Waals surface area contributed by atoms with E-state index in [1.807, 2.05) is 0 Å². The number of halogens is 2. The van der Waals surface area contributed by atoms with Crippen molar-refractivity contribution in [2.75, 3.05) is 40.1 Å². The molecule has 176 valence electrons. The maximum Gasteiger partial charge on any atom is 0.337 e. The maximum absolute atomic E-state index is 13.7. The molecule has 1 saturated heterocycles. The number of carbonyl (C=O) groups is 1. The third-order valence-electron chi connectivity index (χ3n) is 5.37. The van der Waals surface area contributed by atoms with Crippen LogP contribution in [0.1, 0.15) is 0 Å². The lowest BCUT2D eigenvalue weighted by Gasteiger charge is -2.36. The van der Waals surface area contributed by atoms with Gasteiger partial charge in [-0.3, -0.25) is 14.7 Å². The molecule has 3 aliphatic heterocycles. The molecule has 33 heavy (non-hydrogen) atoms. The maximum atomic E-state index is 13.7. The Morgan fingerprint density at radius 1 is 1.52 bits per heavy atom. The van der Waals surface area contributed by atoms with E-state index < -0.39 is 24.4 Å². The molecule has 1 aliphatic carbocycles. The summed E-state index contributed by atoms with van der Waals surface area (Å²) < 4.78 is 45.1. The van der Waals surface area contributed by atoms with Gasteiger partial charge in [0.25, 0.3) is 12.3 Å². The van der Waals surface area contributed by atoms with E-state index in [4.69, 9.17) is 19.9 Å². The molecular weight excluding hydrogens is 440 g/mol. The van der Waals surface area contributed by atoms with Gasteiger partial charge in [0.2, 0.25) is 5.91 Å². The first kappa shape index (κ1) is 22.8. The van der Waals surface area contributed by atoms with E-state index in [2.05, 4.69) is 9.98 Å². The van der Waals surface area contributed by atoms with E-state index >= 15 is 0 Å². The van der Waals surface area contributed by atoms with Gasteiger partial charge in [-0.25, -0.2) is 13.4 Å². The summed E-state index contributed by atoms with van der Waals surface area (Å²) >= 11 is 0. The highest BCUT2D eigenvalue weighted by atomic mass is 19.3. The molecule has 2 N–H and O–H groups in total. The number of ether oxygens (including phenoxy) is 3. The number of methoxy groups -OCH3 is 1. The Morgan fingerprint density at radius 2 is 2.33 bits per heavy atom. The topological polar surface area (TPSA) is 125 Å². The van der Waals surface area contributed by atoms with Gasteiger partial charge >= 0.3 is 5.82 Å². The molecule has 12 heteroatoms. The van der Waals surface area contributed by atoms with E-state index in [0.717, 1.165) is 0 Å². The fourth-order valence-electron chi connectivity index (χ4n) is 3.81. The second kappa shape index (κ2) is 9.63. The number of fused-ring (bicyclic) bond motifs is 2. The van der Waals surface area contributed by atoms with E-state index in [0.29, 0.717) is 42.3 Å². The smallest absolute Gasteiger partial charge is 0.337 e. The molecule has 0 aromatic heterocycles. The van der Waals surface area contributed by atoms with Gasteiger partial charge in [0, 0.05) is 18.9 Å². The molecule has 1 fully saturated rings. The summed E-state index contributed by atoms with van der Waals surface area (Å²) in [5, 5.41) is 11.5. The highest BCUT2D eigenvalue weighted by Gasteiger charge is 2.42. The molecule has 4 aliphatic rings. The van der Waals surface area contributed by atoms with E-state index in [-0.39, 0.29) is 31.4 Å². The standard InChI is InChI=1S/C21H23F2N5O5/c1-31-10-15(20(24)30)25-12-2-3-14-17(6-12)33-5-4-27-7-18(26-21(14)27)28-13(8-29)9-32-11-16(28)19(22)23/h2-3,6-8,15-16,19H,4-5,9-11H2,1H3,(H2-,24,29,30)/t15-,16-/m0/s1. The number of hydrogen-bond donors (Lipinski definition) is 1. The van der Waals surface area contributed by atoms with Crippen LogP contribution in [0, 0.1) is 0 Å². The molecule has 4 rings (SSSR count). The van der Waals surface area contributed by atoms with Crippen LogP contribution in [0.3, 0.4) is 0 Å². The SMILES string of the molecule is COC[C@H](N=C1C=CC2=C3N=C(N4C(=C[O-])COC[C@H]4C(F)F)C=[N+]3CCOC2=C1)C(N)=O. The molecule has 0 saturated carbocycles. The van der Waals surface area contributed by atoms with Gasteiger partial charge in [0.15, 0.2) is 12.3 Å². The van der Waals surface area contributed by atoms with Gasteiger partial charge in [0.05, 0.1) is 25.5 Å². The molecule has 0 aromatic rings. The molecular formula is C21H23F2N5O5. The largest absolute Gasteiger partial charge is 0.877 e. The number of aliphatic imine (C=N–C) groups is 2. The monoisotopic (exact) mass is 463 g/mol. The van der Waals surface area contributed by atoms with Crippen molar-refractivity contribution in [3.05, 3.63) is 47.3 Å². The molecule has 0 bridgehead atoms. The summed E-state index contributed by atoms with van der Waals surface area (Å²) in [5.41, 5.74) is 6.55. The Bertz CT molecular complexity index is 1040. The number of hydrogen-bond acceptors (Lipinski definition) is 8. The predicted molar refractivity (Wildman–Crippen MR) is 112 cm³/mol. The number of amidine groups is 1. The Balaban J connectivity index is 1.70. The van der Waals surface area contributed by atoms with Crippen LogP contribution in [-0.2, 0) is 19.0 Å². The lowest BCUT2D eigenvalue weighted by atomic mass is 10.1. The average molecular weight is 463 g/mol. The van der Waals surface area contributed by atoms with E-state index in [1.54, 1.807) is 29.0 Å². The van der Waals surface area contributed by atoms with Crippen molar-refractivity contribution in [1.29, 1.82) is 0 Å². The van der Waals surface area contributed by atoms with Crippen LogP contribution < -0.4 is 10.8 Å². The predicted octanol–water partition coefficient (Wildman–Crippen LogP) is -0.714. The summed E-state index contributed by atoms with van der Waals surface area (Å²) in [6.45, 7) is 0.465. The number of nitrogens with zero attached hydrogens (tertiary/aromatic N) is 4. The summed E-state index contributed by atoms with van der Waals surface area (Å²) in [4.78, 5) is 21.7. The van der Waals surface area contributed by atoms with Gasteiger partial charge < -0.3 is 25.1 Å². The normalized spacial score (nSPS) is 25.9. The molecule has 0 unspecified atom stereocenters. The minimum atomic E-state index is -2.73. The third-order valence-corrected chi connectivity index (χ3v) is 5.37. The van der Waals surface area contributed by atoms with Crippen LogP contribution in [-0.4, -0.2) is 91.7 Å². The summed E-state index contributed by atoms with van der Waals surface area (Å²) in [6.07, 6.45) is 4.47. The van der Waals surface area contributed by atoms with Crippen LogP contribution in [0.4, 0.5) is 8.78 Å². The zero-order chi connectivity index (χ0) is 23.5. The highest BCUT2D eigenvalue weighted by Crippen LogP contribution is 2.30. The van der Waals surface area contributed by atoms with Crippen LogP contribution in [0.5, 0.6) is 0 Å². The molecule has 3 heterocycles. The number of primary amides is 1. The van der Waals surface area contributed by atoms with Gasteiger partial charge in [0.1, 0.15) is 30.5 Å². The number of carbonyl (C=O) groups excluding carboxylic acids is 1. The van der Waals surface area contributed by atoms with Crippen molar-refractivity contribution >= 4 is 23.7 Å². The second-order valence-electron chi connectivity index (χ2n) is 7.54. The molecule has 10 nitrogen and oxygen atoms in total. The Hall–Kier alpha value is -3.38. The van der Waals surface area contributed by atoms with Crippen molar-refractivity contribution in [3.63, 3.8) is 0 Å². The molecule has 0 spiro atoms. The van der Waals surface area contributed by atoms with E-state index in [9.17, 15) is 18.7 Å². The first-order valence-electron chi connectivity index (χ1n) is 10.2. The quantitative estimate of drug-likeness (QED) is 0.424. The second-order valence-corrected chi connectivity index (χ2v) is 7.54. The minimum Gasteiger partial charge on any atom is -0.877 e. The minimum absolute atomic E-state index is 0.0431.